The van der Waals surface area contributed by atoms with Crippen LogP contribution in [0.2, 0.25) is 10.5 Å². The van der Waals surface area contributed by atoms with Crippen molar-refractivity contribution < 1.29 is 28.0 Å². The summed E-state index contributed by atoms with van der Waals surface area (Å²) >= 11 is -3.61. The van der Waals surface area contributed by atoms with Gasteiger partial charge in [-0.1, -0.05) is 0 Å². The van der Waals surface area contributed by atoms with Gasteiger partial charge in [-0.25, -0.2) is 0 Å². The third kappa shape index (κ3) is 6.48. The van der Waals surface area contributed by atoms with Gasteiger partial charge in [0.2, 0.25) is 0 Å². The molecule has 5 heteroatoms. The minimum absolute atomic E-state index is 0.102. The molecule has 0 saturated carbocycles. The summed E-state index contributed by atoms with van der Waals surface area (Å²) in [4.78, 5) is 0. The second kappa shape index (κ2) is 11.6. The van der Waals surface area contributed by atoms with Crippen LogP contribution in [0.3, 0.4) is 0 Å². The maximum absolute atomic E-state index is 7.25. The van der Waals surface area contributed by atoms with Crippen molar-refractivity contribution >= 4 is 18.4 Å². The zero-order chi connectivity index (χ0) is 30.1. The molecule has 3 nitrogen and oxygen atoms in total. The summed E-state index contributed by atoms with van der Waals surface area (Å²) < 4.78 is 7.54. The van der Waals surface area contributed by atoms with Crippen LogP contribution in [0.4, 0.5) is 0 Å². The van der Waals surface area contributed by atoms with E-state index >= 15 is 0 Å². The van der Waals surface area contributed by atoms with E-state index in [2.05, 4.69) is 138 Å². The fourth-order valence-corrected chi connectivity index (χ4v) is 13.7. The molecular formula is C35H48O3SiTi. The first-order chi connectivity index (χ1) is 18.6. The Bertz CT molecular complexity index is 1500. The molecule has 1 aliphatic rings. The van der Waals surface area contributed by atoms with Gasteiger partial charge in [-0.2, -0.15) is 0 Å². The second-order valence-corrected chi connectivity index (χ2v) is 32.0. The molecule has 0 radical (unpaired) electrons. The van der Waals surface area contributed by atoms with E-state index in [4.69, 9.17) is 13.5 Å². The SMILES string of the molecule is CC(C)(C)c1ccc2c(c1)[CH]([Ti]([CH3])([CH3])(=[SiH2])[O]c1ccc3ccccc3c1)c1cc(C(C)(C)C)ccc1-2.CO.CO. The molecule has 0 aliphatic heterocycles. The van der Waals surface area contributed by atoms with Crippen molar-refractivity contribution in [2.75, 3.05) is 14.2 Å². The molecule has 0 amide bonds. The van der Waals surface area contributed by atoms with Crippen molar-refractivity contribution in [1.29, 1.82) is 0 Å². The summed E-state index contributed by atoms with van der Waals surface area (Å²) in [5, 5.41) is 21.4. The average molecular weight is 593 g/mol. The fraction of sp³-hybridized carbons (Fsp3) is 0.371. The third-order valence-electron chi connectivity index (χ3n) is 7.82. The van der Waals surface area contributed by atoms with Gasteiger partial charge in [0.1, 0.15) is 0 Å². The average Bonchev–Trinajstić information content (AvgIpc) is 3.24. The zero-order valence-corrected chi connectivity index (χ0v) is 29.1. The summed E-state index contributed by atoms with van der Waals surface area (Å²) in [5.41, 5.74) is 8.68. The normalized spacial score (nSPS) is 13.4. The molecular weight excluding hydrogens is 544 g/mol. The monoisotopic (exact) mass is 592 g/mol. The van der Waals surface area contributed by atoms with Crippen molar-refractivity contribution in [3.63, 3.8) is 0 Å². The molecule has 0 bridgehead atoms. The number of fused-ring (bicyclic) bond motifs is 4. The van der Waals surface area contributed by atoms with Gasteiger partial charge >= 0.3 is 221 Å². The number of hydrogen-bond acceptors (Lipinski definition) is 3. The first kappa shape index (κ1) is 32.3. The molecule has 0 spiro atoms. The number of hydrogen-bond donors (Lipinski definition) is 2. The molecule has 0 saturated heterocycles. The Hall–Kier alpha value is -2.21. The van der Waals surface area contributed by atoms with Crippen molar-refractivity contribution in [3.05, 3.63) is 101 Å². The van der Waals surface area contributed by atoms with E-state index in [1.54, 1.807) is 0 Å². The van der Waals surface area contributed by atoms with Gasteiger partial charge in [-0.05, 0) is 0 Å². The third-order valence-corrected chi connectivity index (χ3v) is 15.3. The van der Waals surface area contributed by atoms with Gasteiger partial charge < -0.3 is 10.2 Å². The van der Waals surface area contributed by atoms with E-state index in [0.29, 0.717) is 4.22 Å². The molecule has 214 valence electrons. The quantitative estimate of drug-likeness (QED) is 0.237. The molecule has 4 aromatic rings. The van der Waals surface area contributed by atoms with Crippen molar-refractivity contribution in [2.24, 2.45) is 0 Å². The van der Waals surface area contributed by atoms with Gasteiger partial charge in [-0.3, -0.25) is 0 Å². The van der Waals surface area contributed by atoms with E-state index in [9.17, 15) is 0 Å². The summed E-state index contributed by atoms with van der Waals surface area (Å²) in [7, 11) is 4.18. The van der Waals surface area contributed by atoms with E-state index in [-0.39, 0.29) is 10.8 Å². The van der Waals surface area contributed by atoms with Gasteiger partial charge in [0, 0.05) is 14.2 Å². The summed E-state index contributed by atoms with van der Waals surface area (Å²) in [6.07, 6.45) is 0. The van der Waals surface area contributed by atoms with Crippen LogP contribution in [0.15, 0.2) is 78.9 Å². The molecule has 0 aromatic heterocycles. The van der Waals surface area contributed by atoms with Crippen LogP contribution in [0.5, 0.6) is 5.75 Å². The number of aliphatic hydroxyl groups is 2. The van der Waals surface area contributed by atoms with Gasteiger partial charge in [-0.15, -0.1) is 0 Å². The fourth-order valence-electron chi connectivity index (χ4n) is 5.84. The van der Waals surface area contributed by atoms with Gasteiger partial charge in [0.15, 0.2) is 0 Å². The Morgan fingerprint density at radius 3 is 1.52 bits per heavy atom. The van der Waals surface area contributed by atoms with Crippen LogP contribution in [0, 0.1) is 0 Å². The zero-order valence-electron chi connectivity index (χ0n) is 26.1. The maximum Gasteiger partial charge on any atom is 0.0319 e. The van der Waals surface area contributed by atoms with Crippen LogP contribution in [0.1, 0.15) is 68.0 Å². The smallest absolute Gasteiger partial charge is 0.0319 e. The van der Waals surface area contributed by atoms with Crippen molar-refractivity contribution in [2.45, 2.75) is 67.1 Å². The predicted molar refractivity (Wildman–Crippen MR) is 172 cm³/mol. The first-order valence-electron chi connectivity index (χ1n) is 14.1. The Morgan fingerprint density at radius 2 is 1.07 bits per heavy atom. The molecule has 0 fully saturated rings. The Balaban J connectivity index is 0.00000106. The minimum Gasteiger partial charge on any atom is -0.400 e. The van der Waals surface area contributed by atoms with E-state index in [1.807, 2.05) is 0 Å². The van der Waals surface area contributed by atoms with Gasteiger partial charge in [0.25, 0.3) is 0 Å². The molecule has 4 aromatic carbocycles. The van der Waals surface area contributed by atoms with Crippen LogP contribution in [-0.2, 0) is 25.3 Å². The van der Waals surface area contributed by atoms with Crippen LogP contribution >= 0.6 is 0 Å². The second-order valence-electron chi connectivity index (χ2n) is 13.8. The van der Waals surface area contributed by atoms with Crippen molar-refractivity contribution in [3.8, 4) is 16.9 Å². The number of benzene rings is 4. The molecule has 5 rings (SSSR count). The summed E-state index contributed by atoms with van der Waals surface area (Å²) in [6.45, 7) is 13.9. The number of rotatable bonds is 3. The van der Waals surface area contributed by atoms with E-state index in [0.717, 1.165) is 20.0 Å². The molecule has 0 unspecified atom stereocenters. The molecule has 0 heterocycles. The topological polar surface area (TPSA) is 49.7 Å². The van der Waals surface area contributed by atoms with Crippen LogP contribution in [0.25, 0.3) is 21.9 Å². The largest absolute Gasteiger partial charge is 0.400 e. The van der Waals surface area contributed by atoms with Crippen LogP contribution < -0.4 is 3.32 Å². The molecule has 40 heavy (non-hydrogen) atoms. The van der Waals surface area contributed by atoms with Crippen molar-refractivity contribution in [1.82, 2.24) is 0 Å². The summed E-state index contributed by atoms with van der Waals surface area (Å²) in [5.74, 6) is 1.000. The van der Waals surface area contributed by atoms with Gasteiger partial charge in [0.05, 0.1) is 0 Å². The van der Waals surface area contributed by atoms with Crippen LogP contribution in [-0.4, -0.2) is 32.1 Å². The predicted octanol–water partition coefficient (Wildman–Crippen LogP) is 8.05. The maximum atomic E-state index is 7.25. The summed E-state index contributed by atoms with van der Waals surface area (Å²) in [6, 6.07) is 29.5. The minimum atomic E-state index is -3.61. The first-order valence-corrected chi connectivity index (χ1v) is 22.7. The molecule has 1 aliphatic carbocycles. The van der Waals surface area contributed by atoms with E-state index < -0.39 is 14.4 Å². The Kier molecular flexibility index (Phi) is 9.35. The molecule has 2 N–H and O–H groups in total. The van der Waals surface area contributed by atoms with E-state index in [1.165, 1.54) is 44.2 Å². The Morgan fingerprint density at radius 1 is 0.625 bits per heavy atom. The Labute approximate surface area is 244 Å². The standard InChI is InChI=1S/C21H25.C10H8O.2CH4O.2CH3.H2Si.Ti/c1-20(2,3)16-7-9-18-14(12-16)11-15-13-17(21(4,5)6)8-10-19(15)18;11-10-6-5-8-3-1-2-4-9(8)7-10;2*1-2;;;;/h7-13H,1-6H3;1-7,11H;2*2H,1H3;2*1H3;1H2;/q;;;;;;;+1/p-1. The molecule has 0 atom stereocenters. The number of aliphatic hydroxyl groups excluding tert-OH is 2.